The standard InChI is InChI=1S/C23H24N2O4S/c1-14-10-15(2)21-20(11-14)30-23(24-21)25(12-16-6-5-9-27-16)22(26)19-13-28-17-7-3-4-8-18(17)29-19/h3-4,7-8,10-11,16,19H,5-6,9,12-13H2,1-2H3. The van der Waals surface area contributed by atoms with Crippen molar-refractivity contribution in [1.82, 2.24) is 4.98 Å². The van der Waals surface area contributed by atoms with E-state index in [2.05, 4.69) is 26.0 Å². The van der Waals surface area contributed by atoms with Crippen LogP contribution in [0.4, 0.5) is 5.13 Å². The van der Waals surface area contributed by atoms with E-state index in [1.54, 1.807) is 4.90 Å². The van der Waals surface area contributed by atoms with Gasteiger partial charge in [-0.05, 0) is 56.0 Å². The normalized spacial score (nSPS) is 20.5. The van der Waals surface area contributed by atoms with Crippen LogP contribution in [0.15, 0.2) is 36.4 Å². The molecule has 2 atom stereocenters. The lowest BCUT2D eigenvalue weighted by Gasteiger charge is -2.30. The van der Waals surface area contributed by atoms with Gasteiger partial charge in [0.05, 0.1) is 22.9 Å². The van der Waals surface area contributed by atoms with Crippen LogP contribution in [0.2, 0.25) is 0 Å². The minimum atomic E-state index is -0.712. The van der Waals surface area contributed by atoms with Crippen LogP contribution in [0.1, 0.15) is 24.0 Å². The molecule has 2 aliphatic rings. The van der Waals surface area contributed by atoms with Crippen molar-refractivity contribution in [2.45, 2.75) is 38.9 Å². The summed E-state index contributed by atoms with van der Waals surface area (Å²) >= 11 is 1.54. The van der Waals surface area contributed by atoms with Gasteiger partial charge in [-0.25, -0.2) is 4.98 Å². The van der Waals surface area contributed by atoms with Crippen LogP contribution in [0.5, 0.6) is 11.5 Å². The summed E-state index contributed by atoms with van der Waals surface area (Å²) in [6.45, 7) is 5.52. The average Bonchev–Trinajstić information content (AvgIpc) is 3.41. The lowest BCUT2D eigenvalue weighted by Crippen LogP contribution is -2.48. The fourth-order valence-corrected chi connectivity index (χ4v) is 5.20. The molecule has 156 valence electrons. The fraction of sp³-hybridized carbons (Fsp3) is 0.391. The van der Waals surface area contributed by atoms with Crippen molar-refractivity contribution in [1.29, 1.82) is 0 Å². The van der Waals surface area contributed by atoms with E-state index in [9.17, 15) is 4.79 Å². The zero-order valence-electron chi connectivity index (χ0n) is 17.1. The van der Waals surface area contributed by atoms with Crippen molar-refractivity contribution < 1.29 is 19.0 Å². The molecule has 0 bridgehead atoms. The number of rotatable bonds is 4. The number of aromatic nitrogens is 1. The topological polar surface area (TPSA) is 60.9 Å². The molecule has 3 aromatic rings. The Morgan fingerprint density at radius 3 is 2.87 bits per heavy atom. The lowest BCUT2D eigenvalue weighted by molar-refractivity contribution is -0.128. The summed E-state index contributed by atoms with van der Waals surface area (Å²) in [4.78, 5) is 20.1. The van der Waals surface area contributed by atoms with Crippen molar-refractivity contribution in [2.24, 2.45) is 0 Å². The molecule has 0 radical (unpaired) electrons. The second kappa shape index (κ2) is 7.89. The van der Waals surface area contributed by atoms with E-state index in [1.807, 2.05) is 24.3 Å². The van der Waals surface area contributed by atoms with Crippen LogP contribution in [0, 0.1) is 13.8 Å². The van der Waals surface area contributed by atoms with Gasteiger partial charge in [-0.2, -0.15) is 0 Å². The number of anilines is 1. The number of aryl methyl sites for hydroxylation is 2. The Labute approximate surface area is 179 Å². The van der Waals surface area contributed by atoms with Gasteiger partial charge in [-0.3, -0.25) is 9.69 Å². The SMILES string of the molecule is Cc1cc(C)c2nc(N(CC3CCCO3)C(=O)C3COc4ccccc4O3)sc2c1. The highest BCUT2D eigenvalue weighted by Gasteiger charge is 2.35. The number of fused-ring (bicyclic) bond motifs is 2. The molecule has 5 rings (SSSR count). The van der Waals surface area contributed by atoms with Crippen LogP contribution in [-0.2, 0) is 9.53 Å². The number of hydrogen-bond acceptors (Lipinski definition) is 6. The van der Waals surface area contributed by atoms with Gasteiger partial charge in [0.2, 0.25) is 6.10 Å². The Kier molecular flexibility index (Phi) is 5.08. The molecule has 2 aliphatic heterocycles. The summed E-state index contributed by atoms with van der Waals surface area (Å²) in [6, 6.07) is 11.7. The highest BCUT2D eigenvalue weighted by Crippen LogP contribution is 2.35. The third-order valence-corrected chi connectivity index (χ3v) is 6.54. The number of carbonyl (C=O) groups is 1. The predicted molar refractivity (Wildman–Crippen MR) is 117 cm³/mol. The van der Waals surface area contributed by atoms with Gasteiger partial charge in [0.25, 0.3) is 5.91 Å². The molecule has 3 heterocycles. The summed E-state index contributed by atoms with van der Waals surface area (Å²) in [5.74, 6) is 1.11. The number of amides is 1. The molecular formula is C23H24N2O4S. The Bertz CT molecular complexity index is 1090. The summed E-state index contributed by atoms with van der Waals surface area (Å²) in [7, 11) is 0. The Balaban J connectivity index is 1.47. The van der Waals surface area contributed by atoms with E-state index < -0.39 is 6.10 Å². The van der Waals surface area contributed by atoms with Crippen molar-refractivity contribution >= 4 is 32.6 Å². The molecule has 1 amide bonds. The Morgan fingerprint density at radius 2 is 2.07 bits per heavy atom. The molecular weight excluding hydrogens is 400 g/mol. The monoisotopic (exact) mass is 424 g/mol. The highest BCUT2D eigenvalue weighted by atomic mass is 32.1. The molecule has 1 fully saturated rings. The third-order valence-electron chi connectivity index (χ3n) is 5.51. The van der Waals surface area contributed by atoms with Crippen molar-refractivity contribution in [3.05, 3.63) is 47.5 Å². The van der Waals surface area contributed by atoms with Crippen LogP contribution in [0.3, 0.4) is 0 Å². The number of benzene rings is 2. The van der Waals surface area contributed by atoms with Crippen molar-refractivity contribution in [3.63, 3.8) is 0 Å². The lowest BCUT2D eigenvalue weighted by atomic mass is 10.1. The smallest absolute Gasteiger partial charge is 0.273 e. The van der Waals surface area contributed by atoms with E-state index in [1.165, 1.54) is 16.9 Å². The minimum Gasteiger partial charge on any atom is -0.485 e. The van der Waals surface area contributed by atoms with E-state index in [0.29, 0.717) is 23.2 Å². The fourth-order valence-electron chi connectivity index (χ4n) is 4.04. The van der Waals surface area contributed by atoms with Gasteiger partial charge in [-0.15, -0.1) is 0 Å². The zero-order chi connectivity index (χ0) is 20.7. The van der Waals surface area contributed by atoms with Crippen LogP contribution in [0.25, 0.3) is 10.2 Å². The van der Waals surface area contributed by atoms with Gasteiger partial charge in [0.1, 0.15) is 6.61 Å². The number of ether oxygens (including phenoxy) is 3. The molecule has 0 spiro atoms. The summed E-state index contributed by atoms with van der Waals surface area (Å²) in [5, 5.41) is 0.682. The zero-order valence-corrected chi connectivity index (χ0v) is 17.9. The molecule has 1 aromatic heterocycles. The van der Waals surface area contributed by atoms with E-state index in [-0.39, 0.29) is 18.6 Å². The number of para-hydroxylation sites is 2. The van der Waals surface area contributed by atoms with Gasteiger partial charge in [0.15, 0.2) is 16.6 Å². The molecule has 1 saturated heterocycles. The first-order valence-electron chi connectivity index (χ1n) is 10.3. The molecule has 0 saturated carbocycles. The summed E-state index contributed by atoms with van der Waals surface area (Å²) in [5.41, 5.74) is 3.24. The maximum absolute atomic E-state index is 13.6. The van der Waals surface area contributed by atoms with Gasteiger partial charge < -0.3 is 14.2 Å². The molecule has 6 nitrogen and oxygen atoms in total. The Hall–Kier alpha value is -2.64. The third kappa shape index (κ3) is 3.63. The van der Waals surface area contributed by atoms with E-state index in [4.69, 9.17) is 19.2 Å². The molecule has 2 unspecified atom stereocenters. The molecule has 0 aliphatic carbocycles. The van der Waals surface area contributed by atoms with Crippen molar-refractivity contribution in [2.75, 3.05) is 24.7 Å². The highest BCUT2D eigenvalue weighted by molar-refractivity contribution is 7.22. The van der Waals surface area contributed by atoms with Gasteiger partial charge in [-0.1, -0.05) is 29.5 Å². The van der Waals surface area contributed by atoms with Crippen LogP contribution < -0.4 is 14.4 Å². The second-order valence-electron chi connectivity index (χ2n) is 7.87. The largest absolute Gasteiger partial charge is 0.485 e. The molecule has 7 heteroatoms. The van der Waals surface area contributed by atoms with Crippen molar-refractivity contribution in [3.8, 4) is 11.5 Å². The summed E-state index contributed by atoms with van der Waals surface area (Å²) < 4.78 is 18.7. The first-order valence-corrected chi connectivity index (χ1v) is 11.1. The van der Waals surface area contributed by atoms with Gasteiger partial charge in [0, 0.05) is 6.61 Å². The quantitative estimate of drug-likeness (QED) is 0.626. The number of thiazole rings is 1. The first kappa shape index (κ1) is 19.3. The summed E-state index contributed by atoms with van der Waals surface area (Å²) in [6.07, 6.45) is 1.26. The predicted octanol–water partition coefficient (Wildman–Crippen LogP) is 4.27. The van der Waals surface area contributed by atoms with E-state index >= 15 is 0 Å². The molecule has 0 N–H and O–H groups in total. The van der Waals surface area contributed by atoms with Crippen LogP contribution in [-0.4, -0.2) is 42.9 Å². The maximum atomic E-state index is 13.6. The molecule has 2 aromatic carbocycles. The number of hydrogen-bond donors (Lipinski definition) is 0. The van der Waals surface area contributed by atoms with E-state index in [0.717, 1.165) is 35.2 Å². The maximum Gasteiger partial charge on any atom is 0.273 e. The van der Waals surface area contributed by atoms with Gasteiger partial charge >= 0.3 is 0 Å². The van der Waals surface area contributed by atoms with Crippen LogP contribution >= 0.6 is 11.3 Å². The molecule has 30 heavy (non-hydrogen) atoms. The number of nitrogens with zero attached hydrogens (tertiary/aromatic N) is 2. The first-order chi connectivity index (χ1) is 14.6. The number of carbonyl (C=O) groups excluding carboxylic acids is 1. The Morgan fingerprint density at radius 1 is 1.23 bits per heavy atom. The average molecular weight is 425 g/mol. The minimum absolute atomic E-state index is 0.0144. The second-order valence-corrected chi connectivity index (χ2v) is 8.88.